The van der Waals surface area contributed by atoms with Crippen LogP contribution in [0.2, 0.25) is 0 Å². The molecule has 2 aromatic rings. The number of carbonyl (C=O) groups is 1. The van der Waals surface area contributed by atoms with E-state index in [-0.39, 0.29) is 0 Å². The highest BCUT2D eigenvalue weighted by Crippen LogP contribution is 2.22. The first kappa shape index (κ1) is 11.7. The highest BCUT2D eigenvalue weighted by atomic mass is 16.5. The second-order valence-corrected chi connectivity index (χ2v) is 3.63. The first-order valence-corrected chi connectivity index (χ1v) is 5.27. The lowest BCUT2D eigenvalue weighted by molar-refractivity contribution is 0.1000. The molecule has 2 N–H and O–H groups in total. The zero-order valence-electron chi connectivity index (χ0n) is 9.46. The van der Waals surface area contributed by atoms with Crippen LogP contribution < -0.4 is 10.5 Å². The first-order chi connectivity index (χ1) is 8.69. The Morgan fingerprint density at radius 3 is 2.44 bits per heavy atom. The molecule has 18 heavy (non-hydrogen) atoms. The van der Waals surface area contributed by atoms with Crippen LogP contribution in [0, 0.1) is 11.3 Å². The van der Waals surface area contributed by atoms with Crippen molar-refractivity contribution in [3.8, 4) is 17.6 Å². The molecule has 0 saturated heterocycles. The Kier molecular flexibility index (Phi) is 3.26. The number of nitriles is 1. The molecule has 0 radical (unpaired) electrons. The van der Waals surface area contributed by atoms with Crippen LogP contribution in [-0.2, 0) is 0 Å². The summed E-state index contributed by atoms with van der Waals surface area (Å²) in [6, 6.07) is 15.4. The van der Waals surface area contributed by atoms with Crippen molar-refractivity contribution < 1.29 is 9.53 Å². The van der Waals surface area contributed by atoms with Crippen LogP contribution in [-0.4, -0.2) is 5.91 Å². The summed E-state index contributed by atoms with van der Waals surface area (Å²) in [6.07, 6.45) is 0. The van der Waals surface area contributed by atoms with Crippen molar-refractivity contribution >= 4 is 5.91 Å². The van der Waals surface area contributed by atoms with Gasteiger partial charge in [0.1, 0.15) is 11.5 Å². The molecular weight excluding hydrogens is 228 g/mol. The van der Waals surface area contributed by atoms with Crippen molar-refractivity contribution in [1.29, 1.82) is 5.26 Å². The number of nitrogens with zero attached hydrogens (tertiary/aromatic N) is 1. The summed E-state index contributed by atoms with van der Waals surface area (Å²) in [5.74, 6) is 0.531. The van der Waals surface area contributed by atoms with Crippen LogP contribution in [0.5, 0.6) is 11.5 Å². The lowest BCUT2D eigenvalue weighted by Crippen LogP contribution is -2.10. The predicted molar refractivity (Wildman–Crippen MR) is 66.2 cm³/mol. The van der Waals surface area contributed by atoms with E-state index < -0.39 is 5.91 Å². The summed E-state index contributed by atoms with van der Waals surface area (Å²) < 4.78 is 5.55. The van der Waals surface area contributed by atoms with Gasteiger partial charge in [0.05, 0.1) is 11.6 Å². The molecule has 1 amide bonds. The molecular formula is C14H10N2O2. The van der Waals surface area contributed by atoms with Crippen molar-refractivity contribution in [2.75, 3.05) is 0 Å². The first-order valence-electron chi connectivity index (χ1n) is 5.27. The lowest BCUT2D eigenvalue weighted by atomic mass is 10.2. The molecule has 0 fully saturated rings. The number of rotatable bonds is 3. The number of hydrogen-bond acceptors (Lipinski definition) is 3. The number of amides is 1. The van der Waals surface area contributed by atoms with Gasteiger partial charge in [0.25, 0.3) is 0 Å². The van der Waals surface area contributed by atoms with Crippen molar-refractivity contribution in [2.45, 2.75) is 0 Å². The Hall–Kier alpha value is -2.80. The van der Waals surface area contributed by atoms with Crippen LogP contribution in [0.15, 0.2) is 48.5 Å². The standard InChI is InChI=1S/C14H10N2O2/c15-9-10-3-1-5-12(7-10)18-13-6-2-4-11(8-13)14(16)17/h1-8H,(H2,16,17). The number of benzene rings is 2. The Morgan fingerprint density at radius 2 is 1.78 bits per heavy atom. The van der Waals surface area contributed by atoms with Gasteiger partial charge in [-0.2, -0.15) is 5.26 Å². The summed E-state index contributed by atoms with van der Waals surface area (Å²) in [4.78, 5) is 11.0. The molecule has 2 rings (SSSR count). The fourth-order valence-electron chi connectivity index (χ4n) is 1.48. The van der Waals surface area contributed by atoms with Gasteiger partial charge >= 0.3 is 0 Å². The molecule has 0 atom stereocenters. The molecule has 2 aromatic carbocycles. The molecule has 0 aliphatic carbocycles. The smallest absolute Gasteiger partial charge is 0.248 e. The van der Waals surface area contributed by atoms with E-state index in [1.54, 1.807) is 48.5 Å². The summed E-state index contributed by atoms with van der Waals surface area (Å²) in [5, 5.41) is 8.78. The van der Waals surface area contributed by atoms with E-state index in [0.717, 1.165) is 0 Å². The van der Waals surface area contributed by atoms with Gasteiger partial charge < -0.3 is 10.5 Å². The van der Waals surface area contributed by atoms with Crippen LogP contribution in [0.25, 0.3) is 0 Å². The van der Waals surface area contributed by atoms with Crippen LogP contribution in [0.4, 0.5) is 0 Å². The molecule has 0 aliphatic rings. The third-order valence-corrected chi connectivity index (χ3v) is 2.32. The van der Waals surface area contributed by atoms with Crippen molar-refractivity contribution in [1.82, 2.24) is 0 Å². The maximum absolute atomic E-state index is 11.0. The molecule has 0 aliphatic heterocycles. The van der Waals surface area contributed by atoms with E-state index in [0.29, 0.717) is 22.6 Å². The van der Waals surface area contributed by atoms with E-state index in [1.807, 2.05) is 6.07 Å². The highest BCUT2D eigenvalue weighted by Gasteiger charge is 2.03. The number of carbonyl (C=O) groups excluding carboxylic acids is 1. The van der Waals surface area contributed by atoms with Gasteiger partial charge in [-0.15, -0.1) is 0 Å². The third-order valence-electron chi connectivity index (χ3n) is 2.32. The number of primary amides is 1. The van der Waals surface area contributed by atoms with E-state index in [4.69, 9.17) is 15.7 Å². The van der Waals surface area contributed by atoms with Gasteiger partial charge in [-0.25, -0.2) is 0 Å². The molecule has 4 nitrogen and oxygen atoms in total. The second kappa shape index (κ2) is 5.02. The molecule has 88 valence electrons. The van der Waals surface area contributed by atoms with Crippen LogP contribution in [0.3, 0.4) is 0 Å². The Labute approximate surface area is 104 Å². The van der Waals surface area contributed by atoms with Crippen LogP contribution >= 0.6 is 0 Å². The van der Waals surface area contributed by atoms with E-state index in [2.05, 4.69) is 0 Å². The number of ether oxygens (including phenoxy) is 1. The van der Waals surface area contributed by atoms with Gasteiger partial charge in [-0.05, 0) is 36.4 Å². The van der Waals surface area contributed by atoms with Gasteiger partial charge in [-0.1, -0.05) is 12.1 Å². The summed E-state index contributed by atoms with van der Waals surface area (Å²) in [7, 11) is 0. The highest BCUT2D eigenvalue weighted by molar-refractivity contribution is 5.93. The van der Waals surface area contributed by atoms with Crippen molar-refractivity contribution in [2.24, 2.45) is 5.73 Å². The van der Waals surface area contributed by atoms with Gasteiger partial charge in [0.15, 0.2) is 0 Å². The van der Waals surface area contributed by atoms with E-state index in [9.17, 15) is 4.79 Å². The molecule has 0 unspecified atom stereocenters. The van der Waals surface area contributed by atoms with Crippen LogP contribution in [0.1, 0.15) is 15.9 Å². The minimum Gasteiger partial charge on any atom is -0.457 e. The van der Waals surface area contributed by atoms with E-state index >= 15 is 0 Å². The fourth-order valence-corrected chi connectivity index (χ4v) is 1.48. The SMILES string of the molecule is N#Cc1cccc(Oc2cccc(C(N)=O)c2)c1. The molecule has 0 saturated carbocycles. The molecule has 0 heterocycles. The maximum Gasteiger partial charge on any atom is 0.248 e. The van der Waals surface area contributed by atoms with Crippen molar-refractivity contribution in [3.05, 3.63) is 59.7 Å². The summed E-state index contributed by atoms with van der Waals surface area (Å²) >= 11 is 0. The maximum atomic E-state index is 11.0. The van der Waals surface area contributed by atoms with Gasteiger partial charge in [-0.3, -0.25) is 4.79 Å². The normalized spacial score (nSPS) is 9.50. The number of nitrogens with two attached hydrogens (primary N) is 1. The second-order valence-electron chi connectivity index (χ2n) is 3.63. The largest absolute Gasteiger partial charge is 0.457 e. The predicted octanol–water partition coefficient (Wildman–Crippen LogP) is 2.45. The Balaban J connectivity index is 2.26. The molecule has 4 heteroatoms. The number of hydrogen-bond donors (Lipinski definition) is 1. The third kappa shape index (κ3) is 2.66. The topological polar surface area (TPSA) is 76.1 Å². The minimum absolute atomic E-state index is 0.379. The Morgan fingerprint density at radius 1 is 1.11 bits per heavy atom. The Bertz CT molecular complexity index is 630. The molecule has 0 aromatic heterocycles. The summed E-state index contributed by atoms with van der Waals surface area (Å²) in [6.45, 7) is 0. The van der Waals surface area contributed by atoms with Crippen molar-refractivity contribution in [3.63, 3.8) is 0 Å². The zero-order valence-corrected chi connectivity index (χ0v) is 9.46. The summed E-state index contributed by atoms with van der Waals surface area (Å²) in [5.41, 5.74) is 6.08. The lowest BCUT2D eigenvalue weighted by Gasteiger charge is -2.06. The van der Waals surface area contributed by atoms with Gasteiger partial charge in [0, 0.05) is 5.56 Å². The minimum atomic E-state index is -0.508. The molecule has 0 bridgehead atoms. The van der Waals surface area contributed by atoms with Gasteiger partial charge in [0.2, 0.25) is 5.91 Å². The molecule has 0 spiro atoms. The fraction of sp³-hybridized carbons (Fsp3) is 0. The average molecular weight is 238 g/mol. The zero-order chi connectivity index (χ0) is 13.0. The average Bonchev–Trinajstić information content (AvgIpc) is 2.39. The van der Waals surface area contributed by atoms with E-state index in [1.165, 1.54) is 0 Å². The quantitative estimate of drug-likeness (QED) is 0.892. The monoisotopic (exact) mass is 238 g/mol.